The Morgan fingerprint density at radius 2 is 2.00 bits per heavy atom. The third-order valence-electron chi connectivity index (χ3n) is 3.38. The Kier molecular flexibility index (Phi) is 5.42. The van der Waals surface area contributed by atoms with Gasteiger partial charge < -0.3 is 5.32 Å². The Morgan fingerprint density at radius 1 is 1.31 bits per heavy atom. The molecule has 2 atom stereocenters. The van der Waals surface area contributed by atoms with Crippen molar-refractivity contribution in [1.82, 2.24) is 10.3 Å². The molecule has 92 valence electrons. The topological polar surface area (TPSA) is 24.9 Å². The second-order valence-corrected chi connectivity index (χ2v) is 5.92. The third kappa shape index (κ3) is 3.87. The van der Waals surface area contributed by atoms with Gasteiger partial charge in [-0.15, -0.1) is 11.3 Å². The Labute approximate surface area is 103 Å². The molecule has 0 aliphatic carbocycles. The van der Waals surface area contributed by atoms with Crippen LogP contribution in [0.15, 0.2) is 0 Å². The van der Waals surface area contributed by atoms with E-state index in [2.05, 4.69) is 44.9 Å². The highest BCUT2D eigenvalue weighted by Crippen LogP contribution is 2.16. The lowest BCUT2D eigenvalue weighted by atomic mass is 10.0. The van der Waals surface area contributed by atoms with Crippen molar-refractivity contribution in [3.05, 3.63) is 15.6 Å². The largest absolute Gasteiger partial charge is 0.314 e. The Bertz CT molecular complexity index is 300. The van der Waals surface area contributed by atoms with Gasteiger partial charge in [0.1, 0.15) is 0 Å². The van der Waals surface area contributed by atoms with Gasteiger partial charge >= 0.3 is 0 Å². The van der Waals surface area contributed by atoms with Crippen LogP contribution in [0.4, 0.5) is 0 Å². The molecule has 0 aliphatic heterocycles. The van der Waals surface area contributed by atoms with Gasteiger partial charge in [0.2, 0.25) is 0 Å². The molecule has 0 aliphatic rings. The van der Waals surface area contributed by atoms with Crippen molar-refractivity contribution in [3.63, 3.8) is 0 Å². The maximum Gasteiger partial charge on any atom is 0.0943 e. The summed E-state index contributed by atoms with van der Waals surface area (Å²) in [6.45, 7) is 12.1. The van der Waals surface area contributed by atoms with Crippen LogP contribution in [0.25, 0.3) is 0 Å². The monoisotopic (exact) mass is 240 g/mol. The summed E-state index contributed by atoms with van der Waals surface area (Å²) in [5, 5.41) is 4.84. The van der Waals surface area contributed by atoms with E-state index in [4.69, 9.17) is 0 Å². The molecule has 2 nitrogen and oxygen atoms in total. The minimum Gasteiger partial charge on any atom is -0.314 e. The molecule has 2 unspecified atom stereocenters. The molecule has 0 fully saturated rings. The van der Waals surface area contributed by atoms with Gasteiger partial charge in [-0.2, -0.15) is 0 Å². The average molecular weight is 240 g/mol. The molecule has 0 bridgehead atoms. The predicted octanol–water partition coefficient (Wildman–Crippen LogP) is 3.33. The van der Waals surface area contributed by atoms with E-state index in [1.54, 1.807) is 0 Å². The van der Waals surface area contributed by atoms with Crippen molar-refractivity contribution < 1.29 is 0 Å². The molecule has 0 spiro atoms. The molecule has 0 saturated heterocycles. The van der Waals surface area contributed by atoms with E-state index in [9.17, 15) is 0 Å². The van der Waals surface area contributed by atoms with Gasteiger partial charge in [-0.3, -0.25) is 0 Å². The molecule has 0 amide bonds. The molecule has 0 saturated carbocycles. The second kappa shape index (κ2) is 6.36. The SMILES string of the molecule is CCC(C)C(C)NCCc1nc(C)c(C)s1. The first-order valence-electron chi connectivity index (χ1n) is 6.20. The van der Waals surface area contributed by atoms with Crippen molar-refractivity contribution in [2.75, 3.05) is 6.54 Å². The van der Waals surface area contributed by atoms with E-state index in [-0.39, 0.29) is 0 Å². The molecule has 0 aromatic carbocycles. The molecule has 1 N–H and O–H groups in total. The van der Waals surface area contributed by atoms with Crippen molar-refractivity contribution >= 4 is 11.3 Å². The number of aryl methyl sites for hydroxylation is 2. The summed E-state index contributed by atoms with van der Waals surface area (Å²) in [5.74, 6) is 0.750. The van der Waals surface area contributed by atoms with E-state index < -0.39 is 0 Å². The quantitative estimate of drug-likeness (QED) is 0.825. The zero-order valence-corrected chi connectivity index (χ0v) is 11.9. The molecule has 1 aromatic heterocycles. The van der Waals surface area contributed by atoms with E-state index in [0.717, 1.165) is 18.9 Å². The number of hydrogen-bond acceptors (Lipinski definition) is 3. The van der Waals surface area contributed by atoms with Gasteiger partial charge in [0.25, 0.3) is 0 Å². The molecule has 16 heavy (non-hydrogen) atoms. The van der Waals surface area contributed by atoms with Crippen molar-refractivity contribution in [3.8, 4) is 0 Å². The maximum absolute atomic E-state index is 4.55. The second-order valence-electron chi connectivity index (χ2n) is 4.63. The lowest BCUT2D eigenvalue weighted by Crippen LogP contribution is -2.33. The maximum atomic E-state index is 4.55. The fourth-order valence-electron chi connectivity index (χ4n) is 1.61. The summed E-state index contributed by atoms with van der Waals surface area (Å²) in [4.78, 5) is 5.90. The Hall–Kier alpha value is -0.410. The summed E-state index contributed by atoms with van der Waals surface area (Å²) in [6.07, 6.45) is 2.30. The predicted molar refractivity (Wildman–Crippen MR) is 72.2 cm³/mol. The molecule has 0 radical (unpaired) electrons. The van der Waals surface area contributed by atoms with Crippen LogP contribution in [-0.4, -0.2) is 17.6 Å². The first kappa shape index (κ1) is 13.7. The Balaban J connectivity index is 2.30. The first-order valence-corrected chi connectivity index (χ1v) is 7.02. The van der Waals surface area contributed by atoms with Crippen molar-refractivity contribution in [2.45, 2.75) is 53.5 Å². The van der Waals surface area contributed by atoms with E-state index in [1.165, 1.54) is 22.0 Å². The minimum absolute atomic E-state index is 0.604. The van der Waals surface area contributed by atoms with Crippen LogP contribution in [0.2, 0.25) is 0 Å². The van der Waals surface area contributed by atoms with Gasteiger partial charge in [-0.25, -0.2) is 4.98 Å². The fraction of sp³-hybridized carbons (Fsp3) is 0.769. The first-order chi connectivity index (χ1) is 7.54. The van der Waals surface area contributed by atoms with Crippen LogP contribution < -0.4 is 5.32 Å². The highest BCUT2D eigenvalue weighted by Gasteiger charge is 2.09. The molecule has 1 heterocycles. The normalized spacial score (nSPS) is 15.1. The number of nitrogens with one attached hydrogen (secondary N) is 1. The van der Waals surface area contributed by atoms with Gasteiger partial charge in [0.05, 0.1) is 10.7 Å². The number of hydrogen-bond donors (Lipinski definition) is 1. The summed E-state index contributed by atoms with van der Waals surface area (Å²) in [5.41, 5.74) is 1.19. The summed E-state index contributed by atoms with van der Waals surface area (Å²) in [6, 6.07) is 0.604. The molecular formula is C13H24N2S. The Morgan fingerprint density at radius 3 is 2.50 bits per heavy atom. The van der Waals surface area contributed by atoms with E-state index in [1.807, 2.05) is 11.3 Å². The van der Waals surface area contributed by atoms with Crippen LogP contribution in [0.5, 0.6) is 0 Å². The molecule has 3 heteroatoms. The summed E-state index contributed by atoms with van der Waals surface area (Å²) in [7, 11) is 0. The van der Waals surface area contributed by atoms with E-state index >= 15 is 0 Å². The fourth-order valence-corrected chi connectivity index (χ4v) is 2.54. The molecule has 1 rings (SSSR count). The third-order valence-corrected chi connectivity index (χ3v) is 4.51. The highest BCUT2D eigenvalue weighted by atomic mass is 32.1. The van der Waals surface area contributed by atoms with Crippen molar-refractivity contribution in [2.24, 2.45) is 5.92 Å². The lowest BCUT2D eigenvalue weighted by molar-refractivity contribution is 0.393. The van der Waals surface area contributed by atoms with Gasteiger partial charge in [-0.05, 0) is 26.7 Å². The lowest BCUT2D eigenvalue weighted by Gasteiger charge is -2.19. The van der Waals surface area contributed by atoms with Crippen LogP contribution in [0.1, 0.15) is 42.8 Å². The standard InChI is InChI=1S/C13H24N2S/c1-6-9(2)10(3)14-8-7-13-15-11(4)12(5)16-13/h9-10,14H,6-8H2,1-5H3. The van der Waals surface area contributed by atoms with Gasteiger partial charge in [0.15, 0.2) is 0 Å². The number of nitrogens with zero attached hydrogens (tertiary/aromatic N) is 1. The molecular weight excluding hydrogens is 216 g/mol. The summed E-state index contributed by atoms with van der Waals surface area (Å²) < 4.78 is 0. The zero-order chi connectivity index (χ0) is 12.1. The zero-order valence-electron chi connectivity index (χ0n) is 11.1. The minimum atomic E-state index is 0.604. The number of thiazole rings is 1. The van der Waals surface area contributed by atoms with Crippen molar-refractivity contribution in [1.29, 1.82) is 0 Å². The molecule has 1 aromatic rings. The van der Waals surface area contributed by atoms with Crippen LogP contribution in [-0.2, 0) is 6.42 Å². The van der Waals surface area contributed by atoms with Gasteiger partial charge in [0, 0.05) is 23.9 Å². The highest BCUT2D eigenvalue weighted by molar-refractivity contribution is 7.11. The average Bonchev–Trinajstić information content (AvgIpc) is 2.57. The van der Waals surface area contributed by atoms with Crippen LogP contribution in [0, 0.1) is 19.8 Å². The van der Waals surface area contributed by atoms with Gasteiger partial charge in [-0.1, -0.05) is 20.3 Å². The summed E-state index contributed by atoms with van der Waals surface area (Å²) >= 11 is 1.83. The number of aromatic nitrogens is 1. The van der Waals surface area contributed by atoms with Crippen LogP contribution >= 0.6 is 11.3 Å². The van der Waals surface area contributed by atoms with Crippen LogP contribution in [0.3, 0.4) is 0 Å². The smallest absolute Gasteiger partial charge is 0.0943 e. The number of rotatable bonds is 6. The van der Waals surface area contributed by atoms with E-state index in [0.29, 0.717) is 6.04 Å².